The summed E-state index contributed by atoms with van der Waals surface area (Å²) in [6.45, 7) is 3.34. The van der Waals surface area contributed by atoms with Crippen LogP contribution in [0.4, 0.5) is 5.13 Å². The SMILES string of the molecule is CC(=O)Nc1nc(C)c(-c2cccc(C#N)c2)s1. The van der Waals surface area contributed by atoms with Crippen LogP contribution in [-0.4, -0.2) is 10.9 Å². The summed E-state index contributed by atoms with van der Waals surface area (Å²) in [4.78, 5) is 16.2. The highest BCUT2D eigenvalue weighted by Crippen LogP contribution is 2.32. The van der Waals surface area contributed by atoms with Gasteiger partial charge in [0, 0.05) is 6.92 Å². The van der Waals surface area contributed by atoms with Crippen LogP contribution in [0.1, 0.15) is 18.2 Å². The Balaban J connectivity index is 2.41. The van der Waals surface area contributed by atoms with Crippen molar-refractivity contribution in [1.29, 1.82) is 5.26 Å². The smallest absolute Gasteiger partial charge is 0.223 e. The molecule has 0 saturated heterocycles. The molecule has 0 aliphatic heterocycles. The number of aryl methyl sites for hydroxylation is 1. The lowest BCUT2D eigenvalue weighted by Gasteiger charge is -1.98. The number of nitrogens with zero attached hydrogens (tertiary/aromatic N) is 2. The molecule has 5 heteroatoms. The van der Waals surface area contributed by atoms with Crippen molar-refractivity contribution in [2.45, 2.75) is 13.8 Å². The van der Waals surface area contributed by atoms with Crippen LogP contribution in [0.2, 0.25) is 0 Å². The summed E-state index contributed by atoms with van der Waals surface area (Å²) in [5.41, 5.74) is 2.40. The molecular formula is C13H11N3OS. The molecule has 2 aromatic rings. The second-order valence-electron chi connectivity index (χ2n) is 3.81. The van der Waals surface area contributed by atoms with E-state index in [2.05, 4.69) is 16.4 Å². The van der Waals surface area contributed by atoms with E-state index in [1.807, 2.05) is 25.1 Å². The fourth-order valence-corrected chi connectivity index (χ4v) is 2.61. The van der Waals surface area contributed by atoms with Crippen molar-refractivity contribution in [2.75, 3.05) is 5.32 Å². The summed E-state index contributed by atoms with van der Waals surface area (Å²) in [6.07, 6.45) is 0. The zero-order valence-electron chi connectivity index (χ0n) is 10.0. The third-order valence-electron chi connectivity index (χ3n) is 2.33. The summed E-state index contributed by atoms with van der Waals surface area (Å²) in [6, 6.07) is 9.45. The Labute approximate surface area is 109 Å². The number of aromatic nitrogens is 1. The molecule has 1 aromatic heterocycles. The minimum Gasteiger partial charge on any atom is -0.302 e. The van der Waals surface area contributed by atoms with Crippen LogP contribution < -0.4 is 5.32 Å². The van der Waals surface area contributed by atoms with Crippen molar-refractivity contribution < 1.29 is 4.79 Å². The number of amides is 1. The summed E-state index contributed by atoms with van der Waals surface area (Å²) in [7, 11) is 0. The molecular weight excluding hydrogens is 246 g/mol. The molecule has 0 aliphatic carbocycles. The second-order valence-corrected chi connectivity index (χ2v) is 4.81. The Morgan fingerprint density at radius 2 is 2.28 bits per heavy atom. The summed E-state index contributed by atoms with van der Waals surface area (Å²) in [5.74, 6) is -0.138. The van der Waals surface area contributed by atoms with Gasteiger partial charge in [0.15, 0.2) is 5.13 Å². The van der Waals surface area contributed by atoms with E-state index in [4.69, 9.17) is 5.26 Å². The third kappa shape index (κ3) is 2.55. The van der Waals surface area contributed by atoms with Crippen LogP contribution in [0, 0.1) is 18.3 Å². The summed E-state index contributed by atoms with van der Waals surface area (Å²) in [5, 5.41) is 12.1. The average Bonchev–Trinajstić information content (AvgIpc) is 2.69. The lowest BCUT2D eigenvalue weighted by molar-refractivity contribution is -0.114. The number of hydrogen-bond acceptors (Lipinski definition) is 4. The number of nitrogens with one attached hydrogen (secondary N) is 1. The fourth-order valence-electron chi connectivity index (χ4n) is 1.60. The van der Waals surface area contributed by atoms with Gasteiger partial charge in [-0.3, -0.25) is 4.79 Å². The van der Waals surface area contributed by atoms with Crippen molar-refractivity contribution in [2.24, 2.45) is 0 Å². The quantitative estimate of drug-likeness (QED) is 0.899. The van der Waals surface area contributed by atoms with Gasteiger partial charge < -0.3 is 5.32 Å². The maximum absolute atomic E-state index is 11.0. The molecule has 0 fully saturated rings. The Kier molecular flexibility index (Phi) is 3.40. The largest absolute Gasteiger partial charge is 0.302 e. The lowest BCUT2D eigenvalue weighted by Crippen LogP contribution is -2.04. The van der Waals surface area contributed by atoms with Crippen molar-refractivity contribution in [3.8, 4) is 16.5 Å². The second kappa shape index (κ2) is 4.98. The molecule has 1 amide bonds. The number of benzene rings is 1. The molecule has 0 atom stereocenters. The lowest BCUT2D eigenvalue weighted by atomic mass is 10.1. The van der Waals surface area contributed by atoms with Crippen LogP contribution in [0.5, 0.6) is 0 Å². The van der Waals surface area contributed by atoms with E-state index in [1.165, 1.54) is 18.3 Å². The topological polar surface area (TPSA) is 65.8 Å². The molecule has 18 heavy (non-hydrogen) atoms. The van der Waals surface area contributed by atoms with Gasteiger partial charge in [-0.25, -0.2) is 4.98 Å². The van der Waals surface area contributed by atoms with E-state index >= 15 is 0 Å². The first-order valence-corrected chi connectivity index (χ1v) is 6.17. The summed E-state index contributed by atoms with van der Waals surface area (Å²) >= 11 is 1.41. The molecule has 0 unspecified atom stereocenters. The molecule has 0 spiro atoms. The van der Waals surface area contributed by atoms with E-state index in [1.54, 1.807) is 6.07 Å². The molecule has 0 saturated carbocycles. The zero-order valence-corrected chi connectivity index (χ0v) is 10.8. The van der Waals surface area contributed by atoms with Gasteiger partial charge in [0.1, 0.15) is 0 Å². The molecule has 0 bridgehead atoms. The molecule has 0 aliphatic rings. The number of nitriles is 1. The molecule has 1 N–H and O–H groups in total. The molecule has 90 valence electrons. The predicted octanol–water partition coefficient (Wildman–Crippen LogP) is 2.95. The Morgan fingerprint density at radius 3 is 2.94 bits per heavy atom. The summed E-state index contributed by atoms with van der Waals surface area (Å²) < 4.78 is 0. The van der Waals surface area contributed by atoms with Gasteiger partial charge in [0.2, 0.25) is 5.91 Å². The maximum Gasteiger partial charge on any atom is 0.223 e. The van der Waals surface area contributed by atoms with E-state index in [0.717, 1.165) is 16.1 Å². The molecule has 4 nitrogen and oxygen atoms in total. The van der Waals surface area contributed by atoms with E-state index < -0.39 is 0 Å². The number of carbonyl (C=O) groups excluding carboxylic acids is 1. The Hall–Kier alpha value is -2.19. The van der Waals surface area contributed by atoms with Crippen molar-refractivity contribution in [3.05, 3.63) is 35.5 Å². The van der Waals surface area contributed by atoms with Gasteiger partial charge in [-0.05, 0) is 24.6 Å². The predicted molar refractivity (Wildman–Crippen MR) is 71.3 cm³/mol. The van der Waals surface area contributed by atoms with Crippen LogP contribution in [0.3, 0.4) is 0 Å². The first kappa shape index (κ1) is 12.3. The fraction of sp³-hybridized carbons (Fsp3) is 0.154. The number of hydrogen-bond donors (Lipinski definition) is 1. The van der Waals surface area contributed by atoms with E-state index in [9.17, 15) is 4.79 Å². The number of thiazole rings is 1. The van der Waals surface area contributed by atoms with Crippen LogP contribution >= 0.6 is 11.3 Å². The van der Waals surface area contributed by atoms with Crippen molar-refractivity contribution in [3.63, 3.8) is 0 Å². The van der Waals surface area contributed by atoms with Gasteiger partial charge in [-0.2, -0.15) is 5.26 Å². The first-order chi connectivity index (χ1) is 8.60. The van der Waals surface area contributed by atoms with Gasteiger partial charge in [-0.15, -0.1) is 0 Å². The molecule has 0 radical (unpaired) electrons. The van der Waals surface area contributed by atoms with Crippen LogP contribution in [0.25, 0.3) is 10.4 Å². The third-order valence-corrected chi connectivity index (χ3v) is 3.46. The van der Waals surface area contributed by atoms with Crippen LogP contribution in [-0.2, 0) is 4.79 Å². The standard InChI is InChI=1S/C13H11N3OS/c1-8-12(18-13(15-8)16-9(2)17)11-5-3-4-10(6-11)7-14/h3-6H,1-2H3,(H,15,16,17). The number of rotatable bonds is 2. The minimum atomic E-state index is -0.138. The first-order valence-electron chi connectivity index (χ1n) is 5.35. The molecule has 2 rings (SSSR count). The van der Waals surface area contributed by atoms with Gasteiger partial charge >= 0.3 is 0 Å². The van der Waals surface area contributed by atoms with Gasteiger partial charge in [0.05, 0.1) is 22.2 Å². The van der Waals surface area contributed by atoms with Crippen LogP contribution in [0.15, 0.2) is 24.3 Å². The average molecular weight is 257 g/mol. The zero-order chi connectivity index (χ0) is 13.1. The van der Waals surface area contributed by atoms with Gasteiger partial charge in [-0.1, -0.05) is 23.5 Å². The van der Waals surface area contributed by atoms with Crippen molar-refractivity contribution in [1.82, 2.24) is 4.98 Å². The van der Waals surface area contributed by atoms with Crippen molar-refractivity contribution >= 4 is 22.4 Å². The monoisotopic (exact) mass is 257 g/mol. The van der Waals surface area contributed by atoms with E-state index in [-0.39, 0.29) is 5.91 Å². The Bertz CT molecular complexity index is 640. The number of anilines is 1. The maximum atomic E-state index is 11.0. The Morgan fingerprint density at radius 1 is 1.50 bits per heavy atom. The minimum absolute atomic E-state index is 0.138. The molecule has 1 aromatic carbocycles. The highest BCUT2D eigenvalue weighted by molar-refractivity contribution is 7.19. The normalized spacial score (nSPS) is 9.83. The van der Waals surface area contributed by atoms with E-state index in [0.29, 0.717) is 10.7 Å². The number of carbonyl (C=O) groups is 1. The highest BCUT2D eigenvalue weighted by atomic mass is 32.1. The van der Waals surface area contributed by atoms with Gasteiger partial charge in [0.25, 0.3) is 0 Å². The molecule has 1 heterocycles. The highest BCUT2D eigenvalue weighted by Gasteiger charge is 2.10.